The molecular formula is C16H13FN2O. The Morgan fingerprint density at radius 3 is 2.55 bits per heavy atom. The highest BCUT2D eigenvalue weighted by Crippen LogP contribution is 2.37. The molecule has 3 aromatic rings. The number of benzene rings is 2. The predicted octanol–water partition coefficient (Wildman–Crippen LogP) is 4.04. The van der Waals surface area contributed by atoms with Gasteiger partial charge >= 0.3 is 0 Å². The minimum Gasteiger partial charge on any atom is -0.380 e. The first-order valence-electron chi connectivity index (χ1n) is 6.24. The van der Waals surface area contributed by atoms with Crippen LogP contribution in [-0.4, -0.2) is 5.16 Å². The standard InChI is InChI=1S/C16H13FN2O/c1-10-9-12(17)7-8-13(10)15-14(16(18)19-20-15)11-5-3-2-4-6-11/h2-9H,1H3,(H2,18,19). The second-order valence-corrected chi connectivity index (χ2v) is 4.60. The van der Waals surface area contributed by atoms with Gasteiger partial charge in [-0.25, -0.2) is 4.39 Å². The third-order valence-electron chi connectivity index (χ3n) is 3.21. The number of nitrogens with zero attached hydrogens (tertiary/aromatic N) is 1. The molecule has 4 heteroatoms. The van der Waals surface area contributed by atoms with Crippen LogP contribution in [0, 0.1) is 12.7 Å². The van der Waals surface area contributed by atoms with Gasteiger partial charge in [-0.1, -0.05) is 35.5 Å². The summed E-state index contributed by atoms with van der Waals surface area (Å²) < 4.78 is 18.6. The minimum absolute atomic E-state index is 0.278. The van der Waals surface area contributed by atoms with E-state index in [4.69, 9.17) is 10.3 Å². The van der Waals surface area contributed by atoms with Gasteiger partial charge in [0.05, 0.1) is 5.56 Å². The molecule has 0 amide bonds. The maximum atomic E-state index is 13.2. The Labute approximate surface area is 115 Å². The maximum absolute atomic E-state index is 13.2. The van der Waals surface area contributed by atoms with Crippen molar-refractivity contribution in [3.8, 4) is 22.5 Å². The van der Waals surface area contributed by atoms with E-state index < -0.39 is 0 Å². The van der Waals surface area contributed by atoms with E-state index in [1.807, 2.05) is 37.3 Å². The first-order chi connectivity index (χ1) is 9.66. The fourth-order valence-corrected chi connectivity index (χ4v) is 2.25. The first-order valence-corrected chi connectivity index (χ1v) is 6.24. The molecule has 1 aromatic heterocycles. The topological polar surface area (TPSA) is 52.0 Å². The Balaban J connectivity index is 2.21. The average molecular weight is 268 g/mol. The number of rotatable bonds is 2. The molecule has 100 valence electrons. The molecule has 0 radical (unpaired) electrons. The zero-order chi connectivity index (χ0) is 14.1. The Morgan fingerprint density at radius 2 is 1.85 bits per heavy atom. The summed E-state index contributed by atoms with van der Waals surface area (Å²) in [5.74, 6) is 0.612. The molecule has 0 bridgehead atoms. The molecule has 0 fully saturated rings. The van der Waals surface area contributed by atoms with E-state index in [-0.39, 0.29) is 5.82 Å². The summed E-state index contributed by atoms with van der Waals surface area (Å²) in [6.45, 7) is 1.83. The van der Waals surface area contributed by atoms with E-state index in [9.17, 15) is 4.39 Å². The zero-order valence-corrected chi connectivity index (χ0v) is 10.9. The lowest BCUT2D eigenvalue weighted by molar-refractivity contribution is 0.436. The van der Waals surface area contributed by atoms with Crippen molar-refractivity contribution in [2.45, 2.75) is 6.92 Å². The summed E-state index contributed by atoms with van der Waals surface area (Å²) in [7, 11) is 0. The minimum atomic E-state index is -0.278. The van der Waals surface area contributed by atoms with Crippen LogP contribution in [0.15, 0.2) is 53.1 Å². The molecule has 2 aromatic carbocycles. The van der Waals surface area contributed by atoms with Crippen LogP contribution in [-0.2, 0) is 0 Å². The fraction of sp³-hybridized carbons (Fsp3) is 0.0625. The molecule has 0 saturated carbocycles. The summed E-state index contributed by atoms with van der Waals surface area (Å²) in [5.41, 5.74) is 9.13. The second kappa shape index (κ2) is 4.81. The highest BCUT2D eigenvalue weighted by atomic mass is 19.1. The zero-order valence-electron chi connectivity index (χ0n) is 10.9. The van der Waals surface area contributed by atoms with Gasteiger partial charge in [0.2, 0.25) is 0 Å². The molecule has 3 nitrogen and oxygen atoms in total. The van der Waals surface area contributed by atoms with Crippen LogP contribution in [0.3, 0.4) is 0 Å². The number of nitrogens with two attached hydrogens (primary N) is 1. The van der Waals surface area contributed by atoms with E-state index >= 15 is 0 Å². The van der Waals surface area contributed by atoms with E-state index in [0.29, 0.717) is 11.6 Å². The van der Waals surface area contributed by atoms with Crippen molar-refractivity contribution in [3.63, 3.8) is 0 Å². The number of hydrogen-bond acceptors (Lipinski definition) is 3. The molecule has 2 N–H and O–H groups in total. The lowest BCUT2D eigenvalue weighted by Crippen LogP contribution is -1.90. The van der Waals surface area contributed by atoms with E-state index in [0.717, 1.165) is 22.3 Å². The molecule has 1 heterocycles. The summed E-state index contributed by atoms with van der Waals surface area (Å²) in [4.78, 5) is 0. The predicted molar refractivity (Wildman–Crippen MR) is 76.5 cm³/mol. The summed E-state index contributed by atoms with van der Waals surface area (Å²) in [6, 6.07) is 14.2. The number of nitrogen functional groups attached to an aromatic ring is 1. The van der Waals surface area contributed by atoms with E-state index in [1.54, 1.807) is 6.07 Å². The molecule has 3 rings (SSSR count). The van der Waals surface area contributed by atoms with E-state index in [2.05, 4.69) is 5.16 Å². The largest absolute Gasteiger partial charge is 0.380 e. The molecule has 0 spiro atoms. The molecule has 0 saturated heterocycles. The molecule has 0 aliphatic heterocycles. The van der Waals surface area contributed by atoms with Crippen LogP contribution in [0.2, 0.25) is 0 Å². The van der Waals surface area contributed by atoms with Crippen LogP contribution in [0.1, 0.15) is 5.56 Å². The lowest BCUT2D eigenvalue weighted by atomic mass is 9.98. The Kier molecular flexibility index (Phi) is 2.99. The van der Waals surface area contributed by atoms with Crippen molar-refractivity contribution in [2.75, 3.05) is 5.73 Å². The monoisotopic (exact) mass is 268 g/mol. The number of hydrogen-bond donors (Lipinski definition) is 1. The SMILES string of the molecule is Cc1cc(F)ccc1-c1onc(N)c1-c1ccccc1. The van der Waals surface area contributed by atoms with Crippen LogP contribution >= 0.6 is 0 Å². The average Bonchev–Trinajstić information content (AvgIpc) is 2.81. The Hall–Kier alpha value is -2.62. The van der Waals surface area contributed by atoms with Crippen LogP contribution in [0.25, 0.3) is 22.5 Å². The number of halogens is 1. The number of anilines is 1. The van der Waals surface area contributed by atoms with Gasteiger partial charge in [0.15, 0.2) is 11.6 Å². The first kappa shape index (κ1) is 12.4. The second-order valence-electron chi connectivity index (χ2n) is 4.60. The van der Waals surface area contributed by atoms with Gasteiger partial charge in [-0.3, -0.25) is 0 Å². The van der Waals surface area contributed by atoms with Crippen molar-refractivity contribution in [1.82, 2.24) is 5.16 Å². The van der Waals surface area contributed by atoms with Crippen molar-refractivity contribution < 1.29 is 8.91 Å². The highest BCUT2D eigenvalue weighted by molar-refractivity contribution is 5.87. The molecule has 20 heavy (non-hydrogen) atoms. The summed E-state index contributed by atoms with van der Waals surface area (Å²) in [6.07, 6.45) is 0. The van der Waals surface area contributed by atoms with Gasteiger partial charge in [-0.2, -0.15) is 0 Å². The fourth-order valence-electron chi connectivity index (χ4n) is 2.25. The Morgan fingerprint density at radius 1 is 1.10 bits per heavy atom. The third kappa shape index (κ3) is 2.05. The number of aryl methyl sites for hydroxylation is 1. The summed E-state index contributed by atoms with van der Waals surface area (Å²) >= 11 is 0. The van der Waals surface area contributed by atoms with Crippen LogP contribution in [0.5, 0.6) is 0 Å². The number of aromatic nitrogens is 1. The van der Waals surface area contributed by atoms with Gasteiger partial charge in [0, 0.05) is 5.56 Å². The van der Waals surface area contributed by atoms with Gasteiger partial charge in [-0.15, -0.1) is 0 Å². The van der Waals surface area contributed by atoms with Gasteiger partial charge in [0.1, 0.15) is 5.82 Å². The van der Waals surface area contributed by atoms with Crippen molar-refractivity contribution in [1.29, 1.82) is 0 Å². The van der Waals surface area contributed by atoms with Gasteiger partial charge in [-0.05, 0) is 36.2 Å². The summed E-state index contributed by atoms with van der Waals surface area (Å²) in [5, 5.41) is 3.84. The smallest absolute Gasteiger partial charge is 0.177 e. The molecular weight excluding hydrogens is 255 g/mol. The lowest BCUT2D eigenvalue weighted by Gasteiger charge is -2.05. The third-order valence-corrected chi connectivity index (χ3v) is 3.21. The van der Waals surface area contributed by atoms with Gasteiger partial charge in [0.25, 0.3) is 0 Å². The molecule has 0 aliphatic carbocycles. The normalized spacial score (nSPS) is 10.7. The maximum Gasteiger partial charge on any atom is 0.177 e. The van der Waals surface area contributed by atoms with Crippen LogP contribution < -0.4 is 5.73 Å². The molecule has 0 unspecified atom stereocenters. The van der Waals surface area contributed by atoms with Crippen molar-refractivity contribution in [3.05, 3.63) is 59.9 Å². The van der Waals surface area contributed by atoms with Gasteiger partial charge < -0.3 is 10.3 Å². The van der Waals surface area contributed by atoms with E-state index in [1.165, 1.54) is 12.1 Å². The highest BCUT2D eigenvalue weighted by Gasteiger charge is 2.18. The molecule has 0 aliphatic rings. The quantitative estimate of drug-likeness (QED) is 0.763. The molecule has 0 atom stereocenters. The Bertz CT molecular complexity index is 750. The van der Waals surface area contributed by atoms with Crippen LogP contribution in [0.4, 0.5) is 10.2 Å². The van der Waals surface area contributed by atoms with Crippen molar-refractivity contribution in [2.24, 2.45) is 0 Å². The van der Waals surface area contributed by atoms with Crippen molar-refractivity contribution >= 4 is 5.82 Å².